The summed E-state index contributed by atoms with van der Waals surface area (Å²) in [4.78, 5) is 20.0. The topological polar surface area (TPSA) is 98.3 Å². The van der Waals surface area contributed by atoms with Crippen molar-refractivity contribution in [2.45, 2.75) is 19.4 Å². The van der Waals surface area contributed by atoms with Crippen molar-refractivity contribution in [2.24, 2.45) is 0 Å². The largest absolute Gasteiger partial charge is 0.480 e. The molecule has 1 N–H and O–H groups in total. The van der Waals surface area contributed by atoms with Crippen LogP contribution in [0.1, 0.15) is 25.1 Å². The quantitative estimate of drug-likeness (QED) is 0.627. The van der Waals surface area contributed by atoms with Gasteiger partial charge in [-0.3, -0.25) is 10.1 Å². The van der Waals surface area contributed by atoms with E-state index in [0.717, 1.165) is 6.92 Å². The highest BCUT2D eigenvalue weighted by Crippen LogP contribution is 2.30. The number of rotatable bonds is 4. The van der Waals surface area contributed by atoms with Crippen LogP contribution in [0.5, 0.6) is 0 Å². The third-order valence-corrected chi connectivity index (χ3v) is 1.94. The van der Waals surface area contributed by atoms with Crippen molar-refractivity contribution in [3.05, 3.63) is 22.0 Å². The van der Waals surface area contributed by atoms with E-state index in [0.29, 0.717) is 10.9 Å². The monoisotopic (exact) mass is 235 g/mol. The van der Waals surface area contributed by atoms with Crippen LogP contribution in [-0.4, -0.2) is 25.8 Å². The summed E-state index contributed by atoms with van der Waals surface area (Å²) in [6.45, 7) is 1.10. The molecule has 1 unspecified atom stereocenters. The Labute approximate surface area is 87.4 Å². The number of halogens is 2. The molecule has 0 aliphatic rings. The fourth-order valence-corrected chi connectivity index (χ4v) is 1.13. The van der Waals surface area contributed by atoms with Gasteiger partial charge in [-0.15, -0.1) is 0 Å². The SMILES string of the molecule is CC(C(=O)O)n1ncc([N+](=O)[O-])c1C(F)F. The number of carbonyl (C=O) groups is 1. The van der Waals surface area contributed by atoms with Gasteiger partial charge in [0.15, 0.2) is 5.69 Å². The summed E-state index contributed by atoms with van der Waals surface area (Å²) in [5.74, 6) is -1.40. The molecular weight excluding hydrogens is 228 g/mol. The minimum atomic E-state index is -3.16. The summed E-state index contributed by atoms with van der Waals surface area (Å²) in [7, 11) is 0. The molecule has 1 atom stereocenters. The number of nitrogens with zero attached hydrogens (tertiary/aromatic N) is 3. The first-order valence-corrected chi connectivity index (χ1v) is 4.09. The van der Waals surface area contributed by atoms with Gasteiger partial charge in [0.05, 0.1) is 4.92 Å². The van der Waals surface area contributed by atoms with Gasteiger partial charge in [0, 0.05) is 0 Å². The lowest BCUT2D eigenvalue weighted by atomic mass is 10.3. The molecule has 0 amide bonds. The lowest BCUT2D eigenvalue weighted by Crippen LogP contribution is -2.19. The Morgan fingerprint density at radius 2 is 2.25 bits per heavy atom. The molecule has 16 heavy (non-hydrogen) atoms. The van der Waals surface area contributed by atoms with E-state index in [2.05, 4.69) is 5.10 Å². The summed E-state index contributed by atoms with van der Waals surface area (Å²) in [6.07, 6.45) is -2.55. The summed E-state index contributed by atoms with van der Waals surface area (Å²) in [5.41, 5.74) is -1.89. The molecule has 0 bridgehead atoms. The zero-order valence-electron chi connectivity index (χ0n) is 8.00. The first-order valence-electron chi connectivity index (χ1n) is 4.09. The molecule has 7 nitrogen and oxygen atoms in total. The number of hydrogen-bond acceptors (Lipinski definition) is 4. The van der Waals surface area contributed by atoms with E-state index in [-0.39, 0.29) is 0 Å². The van der Waals surface area contributed by atoms with Crippen LogP contribution in [0, 0.1) is 10.1 Å². The second kappa shape index (κ2) is 4.21. The zero-order valence-corrected chi connectivity index (χ0v) is 8.00. The third-order valence-electron chi connectivity index (χ3n) is 1.94. The van der Waals surface area contributed by atoms with E-state index in [1.54, 1.807) is 0 Å². The standard InChI is InChI=1S/C7H7F2N3O4/c1-3(7(13)14)11-5(6(8)9)4(2-10-11)12(15)16/h2-3,6H,1H3,(H,13,14). The third kappa shape index (κ3) is 1.97. The van der Waals surface area contributed by atoms with E-state index >= 15 is 0 Å². The molecule has 9 heteroatoms. The van der Waals surface area contributed by atoms with Gasteiger partial charge in [0.25, 0.3) is 6.43 Å². The van der Waals surface area contributed by atoms with Crippen molar-refractivity contribution in [1.29, 1.82) is 0 Å². The maximum absolute atomic E-state index is 12.5. The first-order chi connectivity index (χ1) is 7.36. The lowest BCUT2D eigenvalue weighted by Gasteiger charge is -2.09. The van der Waals surface area contributed by atoms with Gasteiger partial charge in [-0.25, -0.2) is 18.3 Å². The van der Waals surface area contributed by atoms with E-state index in [4.69, 9.17) is 5.11 Å². The predicted molar refractivity (Wildman–Crippen MR) is 46.2 cm³/mol. The summed E-state index contributed by atoms with van der Waals surface area (Å²) < 4.78 is 25.5. The molecule has 0 spiro atoms. The fourth-order valence-electron chi connectivity index (χ4n) is 1.13. The predicted octanol–water partition coefficient (Wildman–Crippen LogP) is 1.37. The fraction of sp³-hybridized carbons (Fsp3) is 0.429. The van der Waals surface area contributed by atoms with Crippen LogP contribution < -0.4 is 0 Å². The first kappa shape index (κ1) is 12.0. The minimum Gasteiger partial charge on any atom is -0.480 e. The number of carboxylic acids is 1. The van der Waals surface area contributed by atoms with Gasteiger partial charge in [-0.1, -0.05) is 0 Å². The normalized spacial score (nSPS) is 12.8. The molecule has 0 fully saturated rings. The van der Waals surface area contributed by atoms with Crippen molar-refractivity contribution in [2.75, 3.05) is 0 Å². The Morgan fingerprint density at radius 1 is 1.69 bits per heavy atom. The Morgan fingerprint density at radius 3 is 2.62 bits per heavy atom. The molecule has 1 aromatic heterocycles. The molecule has 0 saturated carbocycles. The summed E-state index contributed by atoms with van der Waals surface area (Å²) in [6, 6.07) is -1.39. The molecule has 1 heterocycles. The van der Waals surface area contributed by atoms with Crippen LogP contribution in [0.4, 0.5) is 14.5 Å². The second-order valence-electron chi connectivity index (χ2n) is 2.93. The van der Waals surface area contributed by atoms with Crippen LogP contribution in [0.2, 0.25) is 0 Å². The zero-order chi connectivity index (χ0) is 12.5. The molecule has 0 saturated heterocycles. The van der Waals surface area contributed by atoms with Crippen LogP contribution >= 0.6 is 0 Å². The Bertz CT molecular complexity index is 431. The Balaban J connectivity index is 3.31. The Hall–Kier alpha value is -2.06. The molecule has 0 aromatic carbocycles. The maximum Gasteiger partial charge on any atom is 0.328 e. The molecule has 1 rings (SSSR count). The van der Waals surface area contributed by atoms with Gasteiger partial charge in [0.1, 0.15) is 12.2 Å². The van der Waals surface area contributed by atoms with Crippen LogP contribution in [0.25, 0.3) is 0 Å². The number of aliphatic carboxylic acids is 1. The number of alkyl halides is 2. The molecular formula is C7H7F2N3O4. The van der Waals surface area contributed by atoms with Crippen molar-refractivity contribution < 1.29 is 23.6 Å². The molecule has 0 radical (unpaired) electrons. The van der Waals surface area contributed by atoms with Gasteiger partial charge in [0.2, 0.25) is 0 Å². The average molecular weight is 235 g/mol. The number of aromatic nitrogens is 2. The highest BCUT2D eigenvalue weighted by atomic mass is 19.3. The number of hydrogen-bond donors (Lipinski definition) is 1. The highest BCUT2D eigenvalue weighted by Gasteiger charge is 2.31. The smallest absolute Gasteiger partial charge is 0.328 e. The Kier molecular flexibility index (Phi) is 3.16. The van der Waals surface area contributed by atoms with Crippen LogP contribution in [0.15, 0.2) is 6.20 Å². The summed E-state index contributed by atoms with van der Waals surface area (Å²) in [5, 5.41) is 22.3. The van der Waals surface area contributed by atoms with E-state index in [1.165, 1.54) is 0 Å². The van der Waals surface area contributed by atoms with Gasteiger partial charge >= 0.3 is 11.7 Å². The lowest BCUT2D eigenvalue weighted by molar-refractivity contribution is -0.386. The van der Waals surface area contributed by atoms with Crippen molar-refractivity contribution in [1.82, 2.24) is 9.78 Å². The van der Waals surface area contributed by atoms with Gasteiger partial charge in [-0.05, 0) is 6.92 Å². The second-order valence-corrected chi connectivity index (χ2v) is 2.93. The van der Waals surface area contributed by atoms with Crippen LogP contribution in [-0.2, 0) is 4.79 Å². The molecule has 0 aliphatic carbocycles. The van der Waals surface area contributed by atoms with Crippen LogP contribution in [0.3, 0.4) is 0 Å². The van der Waals surface area contributed by atoms with Crippen molar-refractivity contribution in [3.63, 3.8) is 0 Å². The average Bonchev–Trinajstić information content (AvgIpc) is 2.60. The molecule has 88 valence electrons. The highest BCUT2D eigenvalue weighted by molar-refractivity contribution is 5.71. The van der Waals surface area contributed by atoms with E-state index < -0.39 is 34.7 Å². The van der Waals surface area contributed by atoms with E-state index in [9.17, 15) is 23.7 Å². The summed E-state index contributed by atoms with van der Waals surface area (Å²) >= 11 is 0. The number of carboxylic acid groups (broad SMARTS) is 1. The molecule has 1 aromatic rings. The van der Waals surface area contributed by atoms with Gasteiger partial charge < -0.3 is 5.11 Å². The number of nitro groups is 1. The minimum absolute atomic E-state index is 0.436. The van der Waals surface area contributed by atoms with Gasteiger partial charge in [-0.2, -0.15) is 5.10 Å². The maximum atomic E-state index is 12.5. The van der Waals surface area contributed by atoms with Crippen molar-refractivity contribution >= 4 is 11.7 Å². The molecule has 0 aliphatic heterocycles. The van der Waals surface area contributed by atoms with E-state index in [1.807, 2.05) is 0 Å². The van der Waals surface area contributed by atoms with Crippen molar-refractivity contribution in [3.8, 4) is 0 Å².